The predicted octanol–water partition coefficient (Wildman–Crippen LogP) is 4.02. The van der Waals surface area contributed by atoms with Crippen molar-refractivity contribution in [3.05, 3.63) is 21.9 Å². The molecule has 1 atom stereocenters. The quantitative estimate of drug-likeness (QED) is 0.833. The molecule has 1 nitrogen and oxygen atoms in total. The molecule has 0 radical (unpaired) electrons. The molecule has 17 heavy (non-hydrogen) atoms. The first-order valence-corrected chi connectivity index (χ1v) is 7.74. The Morgan fingerprint density at radius 3 is 2.47 bits per heavy atom. The molecule has 1 aromatic heterocycles. The van der Waals surface area contributed by atoms with Gasteiger partial charge in [0.1, 0.15) is 0 Å². The highest BCUT2D eigenvalue weighted by Gasteiger charge is 2.36. The maximum atomic E-state index is 3.57. The van der Waals surface area contributed by atoms with E-state index in [2.05, 4.69) is 38.3 Å². The summed E-state index contributed by atoms with van der Waals surface area (Å²) in [5, 5.41) is 3.57. The number of rotatable bonds is 5. The lowest BCUT2D eigenvalue weighted by atomic mass is 9.79. The van der Waals surface area contributed by atoms with Gasteiger partial charge in [-0.15, -0.1) is 11.3 Å². The van der Waals surface area contributed by atoms with E-state index in [9.17, 15) is 0 Å². The molecule has 2 rings (SSSR count). The molecule has 0 aromatic carbocycles. The molecule has 1 aliphatic rings. The van der Waals surface area contributed by atoms with E-state index < -0.39 is 0 Å². The van der Waals surface area contributed by atoms with E-state index in [1.165, 1.54) is 43.4 Å². The number of hydrogen-bond acceptors (Lipinski definition) is 2. The zero-order valence-corrected chi connectivity index (χ0v) is 12.2. The molecule has 0 saturated heterocycles. The van der Waals surface area contributed by atoms with Gasteiger partial charge >= 0.3 is 0 Å². The van der Waals surface area contributed by atoms with Crippen molar-refractivity contribution in [3.8, 4) is 0 Å². The van der Waals surface area contributed by atoms with E-state index in [1.807, 2.05) is 11.3 Å². The Labute approximate surface area is 110 Å². The minimum atomic E-state index is 0.519. The third kappa shape index (κ3) is 2.92. The average molecular weight is 251 g/mol. The van der Waals surface area contributed by atoms with Crippen LogP contribution in [0.1, 0.15) is 49.3 Å². The standard InChI is InChI=1S/C15H25NS/c1-4-12-7-8-13(17-12)11-14(16-3)15(2)9-5-6-10-15/h7-8,14,16H,4-6,9-11H2,1-3H3. The Morgan fingerprint density at radius 1 is 1.29 bits per heavy atom. The summed E-state index contributed by atoms with van der Waals surface area (Å²) in [7, 11) is 2.13. The van der Waals surface area contributed by atoms with Crippen LogP contribution in [0.5, 0.6) is 0 Å². The first kappa shape index (κ1) is 13.1. The van der Waals surface area contributed by atoms with Gasteiger partial charge in [0.05, 0.1) is 0 Å². The second-order valence-corrected chi connectivity index (χ2v) is 6.88. The molecule has 1 aliphatic carbocycles. The first-order valence-electron chi connectivity index (χ1n) is 6.93. The van der Waals surface area contributed by atoms with Gasteiger partial charge in [-0.3, -0.25) is 0 Å². The van der Waals surface area contributed by atoms with Crippen molar-refractivity contribution in [2.75, 3.05) is 7.05 Å². The molecule has 2 heteroatoms. The van der Waals surface area contributed by atoms with Crippen molar-refractivity contribution in [2.24, 2.45) is 5.41 Å². The van der Waals surface area contributed by atoms with E-state index in [4.69, 9.17) is 0 Å². The van der Waals surface area contributed by atoms with Crippen molar-refractivity contribution >= 4 is 11.3 Å². The molecule has 1 fully saturated rings. The molecule has 0 bridgehead atoms. The van der Waals surface area contributed by atoms with Gasteiger partial charge in [-0.25, -0.2) is 0 Å². The lowest BCUT2D eigenvalue weighted by Gasteiger charge is -2.33. The van der Waals surface area contributed by atoms with Crippen molar-refractivity contribution in [1.29, 1.82) is 0 Å². The zero-order chi connectivity index (χ0) is 12.3. The normalized spacial score (nSPS) is 20.6. The molecule has 0 spiro atoms. The maximum absolute atomic E-state index is 3.57. The molecule has 0 amide bonds. The van der Waals surface area contributed by atoms with Crippen LogP contribution in [0.3, 0.4) is 0 Å². The number of aryl methyl sites for hydroxylation is 1. The van der Waals surface area contributed by atoms with E-state index >= 15 is 0 Å². The van der Waals surface area contributed by atoms with Crippen molar-refractivity contribution in [1.82, 2.24) is 5.32 Å². The Bertz CT molecular complexity index is 350. The van der Waals surface area contributed by atoms with Crippen molar-refractivity contribution in [2.45, 2.75) is 58.4 Å². The van der Waals surface area contributed by atoms with Crippen LogP contribution in [0.4, 0.5) is 0 Å². The van der Waals surface area contributed by atoms with Crippen LogP contribution < -0.4 is 5.32 Å². The molecule has 1 unspecified atom stereocenters. The van der Waals surface area contributed by atoms with Crippen LogP contribution >= 0.6 is 11.3 Å². The van der Waals surface area contributed by atoms with Gasteiger partial charge in [-0.1, -0.05) is 26.7 Å². The maximum Gasteiger partial charge on any atom is 0.0166 e. The molecule has 0 aliphatic heterocycles. The fraction of sp³-hybridized carbons (Fsp3) is 0.733. The van der Waals surface area contributed by atoms with Crippen molar-refractivity contribution in [3.63, 3.8) is 0 Å². The van der Waals surface area contributed by atoms with Gasteiger partial charge in [-0.2, -0.15) is 0 Å². The monoisotopic (exact) mass is 251 g/mol. The molecule has 1 N–H and O–H groups in total. The molecular formula is C15H25NS. The van der Waals surface area contributed by atoms with Gasteiger partial charge in [-0.05, 0) is 50.3 Å². The summed E-state index contributed by atoms with van der Waals surface area (Å²) in [6.45, 7) is 4.71. The minimum absolute atomic E-state index is 0.519. The number of likely N-dealkylation sites (N-methyl/N-ethyl adjacent to an activating group) is 1. The second kappa shape index (κ2) is 5.53. The SMILES string of the molecule is CCc1ccc(CC(NC)C2(C)CCCC2)s1. The highest BCUT2D eigenvalue weighted by molar-refractivity contribution is 7.11. The highest BCUT2D eigenvalue weighted by atomic mass is 32.1. The molecule has 1 heterocycles. The van der Waals surface area contributed by atoms with Gasteiger partial charge in [0.25, 0.3) is 0 Å². The van der Waals surface area contributed by atoms with Gasteiger partial charge in [0.15, 0.2) is 0 Å². The summed E-state index contributed by atoms with van der Waals surface area (Å²) in [5.41, 5.74) is 0.519. The second-order valence-electron chi connectivity index (χ2n) is 5.63. The van der Waals surface area contributed by atoms with E-state index in [0.29, 0.717) is 11.5 Å². The fourth-order valence-electron chi connectivity index (χ4n) is 3.15. The molecular weight excluding hydrogens is 226 g/mol. The summed E-state index contributed by atoms with van der Waals surface area (Å²) < 4.78 is 0. The average Bonchev–Trinajstić information content (AvgIpc) is 2.95. The molecule has 1 aromatic rings. The number of nitrogens with one attached hydrogen (secondary N) is 1. The lowest BCUT2D eigenvalue weighted by Crippen LogP contribution is -2.41. The zero-order valence-electron chi connectivity index (χ0n) is 11.4. The van der Waals surface area contributed by atoms with Gasteiger partial charge in [0, 0.05) is 15.8 Å². The molecule has 1 saturated carbocycles. The Balaban J connectivity index is 2.04. The highest BCUT2D eigenvalue weighted by Crippen LogP contribution is 2.41. The van der Waals surface area contributed by atoms with Crippen LogP contribution in [0.2, 0.25) is 0 Å². The summed E-state index contributed by atoms with van der Waals surface area (Å²) in [5.74, 6) is 0. The van der Waals surface area contributed by atoms with Gasteiger partial charge < -0.3 is 5.32 Å². The van der Waals surface area contributed by atoms with Crippen LogP contribution in [-0.4, -0.2) is 13.1 Å². The van der Waals surface area contributed by atoms with Crippen LogP contribution in [-0.2, 0) is 12.8 Å². The molecule has 96 valence electrons. The third-order valence-electron chi connectivity index (χ3n) is 4.41. The summed E-state index contributed by atoms with van der Waals surface area (Å²) >= 11 is 1.99. The minimum Gasteiger partial charge on any atom is -0.316 e. The largest absolute Gasteiger partial charge is 0.316 e. The van der Waals surface area contributed by atoms with Gasteiger partial charge in [0.2, 0.25) is 0 Å². The van der Waals surface area contributed by atoms with Crippen molar-refractivity contribution < 1.29 is 0 Å². The first-order chi connectivity index (χ1) is 8.18. The summed E-state index contributed by atoms with van der Waals surface area (Å²) in [6, 6.07) is 5.27. The van der Waals surface area contributed by atoms with Crippen LogP contribution in [0.25, 0.3) is 0 Å². The van der Waals surface area contributed by atoms with E-state index in [-0.39, 0.29) is 0 Å². The van der Waals surface area contributed by atoms with Crippen LogP contribution in [0.15, 0.2) is 12.1 Å². The number of hydrogen-bond donors (Lipinski definition) is 1. The van der Waals surface area contributed by atoms with E-state index in [1.54, 1.807) is 4.88 Å². The third-order valence-corrected chi connectivity index (χ3v) is 5.66. The van der Waals surface area contributed by atoms with Crippen LogP contribution in [0, 0.1) is 5.41 Å². The Kier molecular flexibility index (Phi) is 4.26. The lowest BCUT2D eigenvalue weighted by molar-refractivity contribution is 0.230. The fourth-order valence-corrected chi connectivity index (χ4v) is 4.15. The predicted molar refractivity (Wildman–Crippen MR) is 76.8 cm³/mol. The smallest absolute Gasteiger partial charge is 0.0166 e. The number of thiophene rings is 1. The summed E-state index contributed by atoms with van der Waals surface area (Å²) in [4.78, 5) is 3.07. The summed E-state index contributed by atoms with van der Waals surface area (Å²) in [6.07, 6.45) is 8.00. The Morgan fingerprint density at radius 2 is 1.94 bits per heavy atom. The Hall–Kier alpha value is -0.340. The van der Waals surface area contributed by atoms with E-state index in [0.717, 1.165) is 0 Å². The topological polar surface area (TPSA) is 12.0 Å².